The molecule has 78 valence electrons. The average molecular weight is 225 g/mol. The Morgan fingerprint density at radius 3 is 2.87 bits per heavy atom. The third-order valence-corrected chi connectivity index (χ3v) is 2.89. The number of carboxylic acid groups (broad SMARTS) is 1. The molecule has 0 saturated carbocycles. The number of benzene rings is 1. The van der Waals surface area contributed by atoms with Crippen LogP contribution in [0, 0.1) is 0 Å². The summed E-state index contributed by atoms with van der Waals surface area (Å²) in [5, 5.41) is 8.95. The van der Waals surface area contributed by atoms with E-state index in [0.29, 0.717) is 16.0 Å². The number of methoxy groups -OCH3 is 1. The second-order valence-electron chi connectivity index (χ2n) is 2.87. The van der Waals surface area contributed by atoms with Gasteiger partial charge in [0.15, 0.2) is 0 Å². The predicted octanol–water partition coefficient (Wildman–Crippen LogP) is 1.30. The maximum Gasteiger partial charge on any atom is 0.337 e. The summed E-state index contributed by atoms with van der Waals surface area (Å²) in [5.74, 6) is -0.664. The van der Waals surface area contributed by atoms with Gasteiger partial charge in [-0.3, -0.25) is 4.79 Å². The summed E-state index contributed by atoms with van der Waals surface area (Å²) in [6, 6.07) is 2.99. The standard InChI is InChI=1S/C9H7NO4S/c1-14-4-2-5(8(11)12)7-6(3-4)10-9(13)15-7/h2-3H,1H3,(H,10,13)(H,11,12). The molecule has 0 aliphatic heterocycles. The molecule has 0 spiro atoms. The van der Waals surface area contributed by atoms with E-state index in [9.17, 15) is 9.59 Å². The summed E-state index contributed by atoms with van der Waals surface area (Å²) < 4.78 is 5.38. The van der Waals surface area contributed by atoms with Crippen LogP contribution >= 0.6 is 11.3 Å². The Bertz CT molecular complexity index is 583. The normalized spacial score (nSPS) is 10.5. The van der Waals surface area contributed by atoms with E-state index >= 15 is 0 Å². The number of rotatable bonds is 2. The molecule has 5 nitrogen and oxygen atoms in total. The number of aromatic nitrogens is 1. The van der Waals surface area contributed by atoms with Crippen molar-refractivity contribution in [1.82, 2.24) is 4.98 Å². The molecule has 0 radical (unpaired) electrons. The van der Waals surface area contributed by atoms with E-state index in [1.807, 2.05) is 0 Å². The zero-order valence-electron chi connectivity index (χ0n) is 7.73. The van der Waals surface area contributed by atoms with Gasteiger partial charge in [0.1, 0.15) is 5.75 Å². The average Bonchev–Trinajstić information content (AvgIpc) is 2.55. The molecule has 1 heterocycles. The molecular formula is C9H7NO4S. The van der Waals surface area contributed by atoms with Crippen LogP contribution in [0.25, 0.3) is 10.2 Å². The smallest absolute Gasteiger partial charge is 0.337 e. The van der Waals surface area contributed by atoms with Gasteiger partial charge < -0.3 is 14.8 Å². The van der Waals surface area contributed by atoms with E-state index in [4.69, 9.17) is 9.84 Å². The van der Waals surface area contributed by atoms with Gasteiger partial charge >= 0.3 is 10.8 Å². The first kappa shape index (κ1) is 9.72. The number of thiazole rings is 1. The lowest BCUT2D eigenvalue weighted by atomic mass is 10.2. The third kappa shape index (κ3) is 1.59. The minimum Gasteiger partial charge on any atom is -0.497 e. The van der Waals surface area contributed by atoms with Gasteiger partial charge in [-0.1, -0.05) is 11.3 Å². The summed E-state index contributed by atoms with van der Waals surface area (Å²) in [4.78, 5) is 24.3. The largest absolute Gasteiger partial charge is 0.497 e. The van der Waals surface area contributed by atoms with Crippen LogP contribution in [0.3, 0.4) is 0 Å². The number of hydrogen-bond donors (Lipinski definition) is 2. The van der Waals surface area contributed by atoms with E-state index in [1.165, 1.54) is 13.2 Å². The summed E-state index contributed by atoms with van der Waals surface area (Å²) in [7, 11) is 1.44. The molecule has 2 rings (SSSR count). The zero-order valence-corrected chi connectivity index (χ0v) is 8.55. The molecular weight excluding hydrogens is 218 g/mol. The fourth-order valence-corrected chi connectivity index (χ4v) is 2.13. The fourth-order valence-electron chi connectivity index (χ4n) is 1.31. The van der Waals surface area contributed by atoms with Crippen LogP contribution in [0.1, 0.15) is 10.4 Å². The van der Waals surface area contributed by atoms with E-state index < -0.39 is 5.97 Å². The van der Waals surface area contributed by atoms with Crippen molar-refractivity contribution < 1.29 is 14.6 Å². The lowest BCUT2D eigenvalue weighted by Gasteiger charge is -2.01. The Hall–Kier alpha value is -1.82. The first-order valence-corrected chi connectivity index (χ1v) is 4.87. The maximum absolute atomic E-state index is 11.1. The van der Waals surface area contributed by atoms with Gasteiger partial charge in [0, 0.05) is 6.07 Å². The van der Waals surface area contributed by atoms with Gasteiger partial charge in [-0.15, -0.1) is 0 Å². The van der Waals surface area contributed by atoms with Crippen LogP contribution < -0.4 is 9.61 Å². The van der Waals surface area contributed by atoms with Crippen LogP contribution in [-0.2, 0) is 0 Å². The minimum absolute atomic E-state index is 0.0766. The zero-order chi connectivity index (χ0) is 11.0. The van der Waals surface area contributed by atoms with Crippen LogP contribution in [0.5, 0.6) is 5.75 Å². The van der Waals surface area contributed by atoms with Gasteiger partial charge in [0.2, 0.25) is 0 Å². The summed E-state index contributed by atoms with van der Waals surface area (Å²) in [6.45, 7) is 0. The molecule has 0 aliphatic carbocycles. The second-order valence-corrected chi connectivity index (χ2v) is 3.85. The van der Waals surface area contributed by atoms with Crippen molar-refractivity contribution in [2.24, 2.45) is 0 Å². The molecule has 1 aromatic heterocycles. The van der Waals surface area contributed by atoms with E-state index in [0.717, 1.165) is 11.3 Å². The summed E-state index contributed by atoms with van der Waals surface area (Å²) >= 11 is 0.879. The molecule has 0 saturated heterocycles. The second kappa shape index (κ2) is 3.39. The van der Waals surface area contributed by atoms with Crippen LogP contribution in [0.2, 0.25) is 0 Å². The SMILES string of the molecule is COc1cc(C(=O)O)c2sc(=O)[nH]c2c1. The van der Waals surface area contributed by atoms with E-state index in [-0.39, 0.29) is 10.4 Å². The van der Waals surface area contributed by atoms with Crippen LogP contribution in [0.4, 0.5) is 0 Å². The summed E-state index contributed by atoms with van der Waals surface area (Å²) in [6.07, 6.45) is 0. The van der Waals surface area contributed by atoms with Crippen molar-refractivity contribution in [3.05, 3.63) is 27.4 Å². The van der Waals surface area contributed by atoms with Crippen LogP contribution in [0.15, 0.2) is 16.9 Å². The topological polar surface area (TPSA) is 79.4 Å². The van der Waals surface area contributed by atoms with E-state index in [1.54, 1.807) is 6.07 Å². The van der Waals surface area contributed by atoms with Gasteiger partial charge in [-0.05, 0) is 6.07 Å². The van der Waals surface area contributed by atoms with Crippen LogP contribution in [-0.4, -0.2) is 23.2 Å². The number of carbonyl (C=O) groups is 1. The van der Waals surface area contributed by atoms with Gasteiger partial charge in [0.05, 0.1) is 22.9 Å². The number of fused-ring (bicyclic) bond motifs is 1. The number of H-pyrrole nitrogens is 1. The number of hydrogen-bond acceptors (Lipinski definition) is 4. The Morgan fingerprint density at radius 2 is 2.27 bits per heavy atom. The Balaban J connectivity index is 2.85. The fraction of sp³-hybridized carbons (Fsp3) is 0.111. The molecule has 0 atom stereocenters. The van der Waals surface area contributed by atoms with Crippen molar-refractivity contribution in [1.29, 1.82) is 0 Å². The maximum atomic E-state index is 11.1. The molecule has 1 aromatic carbocycles. The van der Waals surface area contributed by atoms with Gasteiger partial charge in [-0.25, -0.2) is 4.79 Å². The monoisotopic (exact) mass is 225 g/mol. The Labute approximate surface area is 87.9 Å². The number of ether oxygens (including phenoxy) is 1. The van der Waals surface area contributed by atoms with Crippen molar-refractivity contribution in [3.63, 3.8) is 0 Å². The number of aromatic amines is 1. The third-order valence-electron chi connectivity index (χ3n) is 1.96. The van der Waals surface area contributed by atoms with Gasteiger partial charge in [0.25, 0.3) is 0 Å². The lowest BCUT2D eigenvalue weighted by molar-refractivity contribution is 0.0699. The molecule has 0 bridgehead atoms. The van der Waals surface area contributed by atoms with Crippen molar-refractivity contribution in [2.75, 3.05) is 7.11 Å². The quantitative estimate of drug-likeness (QED) is 0.807. The molecule has 0 amide bonds. The van der Waals surface area contributed by atoms with E-state index in [2.05, 4.69) is 4.98 Å². The predicted molar refractivity (Wildman–Crippen MR) is 56.0 cm³/mol. The van der Waals surface area contributed by atoms with Crippen molar-refractivity contribution >= 4 is 27.5 Å². The molecule has 0 unspecified atom stereocenters. The minimum atomic E-state index is -1.07. The Kier molecular flexibility index (Phi) is 2.20. The number of aromatic carboxylic acids is 1. The Morgan fingerprint density at radius 1 is 1.53 bits per heavy atom. The van der Waals surface area contributed by atoms with Gasteiger partial charge in [-0.2, -0.15) is 0 Å². The highest BCUT2D eigenvalue weighted by atomic mass is 32.1. The first-order valence-electron chi connectivity index (χ1n) is 4.06. The molecule has 2 aromatic rings. The highest BCUT2D eigenvalue weighted by molar-refractivity contribution is 7.16. The number of nitrogens with one attached hydrogen (secondary N) is 1. The summed E-state index contributed by atoms with van der Waals surface area (Å²) in [5.41, 5.74) is 0.564. The number of carboxylic acids is 1. The molecule has 0 aliphatic rings. The highest BCUT2D eigenvalue weighted by Crippen LogP contribution is 2.25. The van der Waals surface area contributed by atoms with Crippen molar-refractivity contribution in [3.8, 4) is 5.75 Å². The molecule has 15 heavy (non-hydrogen) atoms. The molecule has 2 N–H and O–H groups in total. The lowest BCUT2D eigenvalue weighted by Crippen LogP contribution is -1.97. The first-order chi connectivity index (χ1) is 7.11. The highest BCUT2D eigenvalue weighted by Gasteiger charge is 2.13. The molecule has 6 heteroatoms. The van der Waals surface area contributed by atoms with Crippen molar-refractivity contribution in [2.45, 2.75) is 0 Å². The molecule has 0 fully saturated rings.